The Balaban J connectivity index is 2.19. The smallest absolute Gasteiger partial charge is 0.211 e. The summed E-state index contributed by atoms with van der Waals surface area (Å²) >= 11 is 5.94. The molecule has 1 aliphatic carbocycles. The monoisotopic (exact) mass is 282 g/mol. The average molecular weight is 283 g/mol. The Morgan fingerprint density at radius 2 is 2.37 bits per heavy atom. The van der Waals surface area contributed by atoms with Crippen LogP contribution in [-0.4, -0.2) is 29.1 Å². The van der Waals surface area contributed by atoms with Crippen LogP contribution < -0.4 is 16.4 Å². The predicted molar refractivity (Wildman–Crippen MR) is 75.1 cm³/mol. The minimum Gasteiger partial charge on any atom is -0.396 e. The number of amides is 1. The Hall–Kier alpha value is -1.79. The second kappa shape index (κ2) is 5.90. The van der Waals surface area contributed by atoms with Crippen LogP contribution in [0.15, 0.2) is 18.2 Å². The molecule has 1 amide bonds. The highest BCUT2D eigenvalue weighted by atomic mass is 35.5. The van der Waals surface area contributed by atoms with Gasteiger partial charge in [0.25, 0.3) is 0 Å². The van der Waals surface area contributed by atoms with E-state index in [-0.39, 0.29) is 29.5 Å². The number of anilines is 3. The lowest BCUT2D eigenvalue weighted by Crippen LogP contribution is -2.18. The molecule has 2 atom stereocenters. The van der Waals surface area contributed by atoms with E-state index in [1.54, 1.807) is 6.07 Å². The van der Waals surface area contributed by atoms with Crippen LogP contribution in [0.2, 0.25) is 5.15 Å². The van der Waals surface area contributed by atoms with E-state index in [0.717, 1.165) is 6.42 Å². The molecule has 0 spiro atoms. The van der Waals surface area contributed by atoms with Gasteiger partial charge < -0.3 is 21.5 Å². The van der Waals surface area contributed by atoms with E-state index in [0.29, 0.717) is 17.8 Å². The second-order valence-electron chi connectivity index (χ2n) is 4.34. The normalized spacial score (nSPS) is 21.4. The zero-order valence-electron chi connectivity index (χ0n) is 10.1. The van der Waals surface area contributed by atoms with E-state index in [9.17, 15) is 4.79 Å². The zero-order chi connectivity index (χ0) is 13.8. The Morgan fingerprint density at radius 3 is 3.00 bits per heavy atom. The van der Waals surface area contributed by atoms with Gasteiger partial charge in [0.2, 0.25) is 6.41 Å². The fourth-order valence-corrected chi connectivity index (χ4v) is 2.31. The van der Waals surface area contributed by atoms with Crippen molar-refractivity contribution in [3.8, 4) is 0 Å². The van der Waals surface area contributed by atoms with E-state index in [1.807, 2.05) is 12.2 Å². The topological polar surface area (TPSA) is 100 Å². The SMILES string of the molecule is Nc1cc(N[C@@H]2C=CC(CO)C2)c(NC=O)c(Cl)n1. The first kappa shape index (κ1) is 13.6. The molecule has 5 N–H and O–H groups in total. The van der Waals surface area contributed by atoms with Crippen molar-refractivity contribution in [3.05, 3.63) is 23.4 Å². The number of halogens is 1. The van der Waals surface area contributed by atoms with E-state index < -0.39 is 0 Å². The van der Waals surface area contributed by atoms with E-state index >= 15 is 0 Å². The molecule has 19 heavy (non-hydrogen) atoms. The number of hydrogen-bond acceptors (Lipinski definition) is 5. The molecule has 0 aromatic carbocycles. The van der Waals surface area contributed by atoms with Gasteiger partial charge in [0.15, 0.2) is 5.15 Å². The van der Waals surface area contributed by atoms with Crippen molar-refractivity contribution in [1.82, 2.24) is 4.98 Å². The number of nitrogens with two attached hydrogens (primary N) is 1. The second-order valence-corrected chi connectivity index (χ2v) is 4.69. The molecule has 1 aromatic rings. The number of aromatic nitrogens is 1. The van der Waals surface area contributed by atoms with Gasteiger partial charge in [-0.2, -0.15) is 0 Å². The molecular formula is C12H15ClN4O2. The standard InChI is InChI=1S/C12H15ClN4O2/c13-12-11(15-6-19)9(4-10(14)17-12)16-8-2-1-7(3-8)5-18/h1-2,4,6-8,18H,3,5H2,(H,15,19)(H3,14,16,17)/t7?,8-/m1/s1. The van der Waals surface area contributed by atoms with Crippen molar-refractivity contribution in [2.75, 3.05) is 23.0 Å². The van der Waals surface area contributed by atoms with Crippen LogP contribution in [-0.2, 0) is 4.79 Å². The fraction of sp³-hybridized carbons (Fsp3) is 0.333. The predicted octanol–water partition coefficient (Wildman–Crippen LogP) is 1.23. The molecule has 6 nitrogen and oxygen atoms in total. The lowest BCUT2D eigenvalue weighted by molar-refractivity contribution is -0.105. The van der Waals surface area contributed by atoms with E-state index in [4.69, 9.17) is 22.4 Å². The molecule has 1 aliphatic rings. The van der Waals surface area contributed by atoms with Gasteiger partial charge in [-0.1, -0.05) is 23.8 Å². The molecule has 102 valence electrons. The van der Waals surface area contributed by atoms with Crippen molar-refractivity contribution in [3.63, 3.8) is 0 Å². The molecule has 0 saturated heterocycles. The molecule has 2 rings (SSSR count). The summed E-state index contributed by atoms with van der Waals surface area (Å²) in [6, 6.07) is 1.67. The van der Waals surface area contributed by atoms with Crippen LogP contribution in [0.4, 0.5) is 17.2 Å². The summed E-state index contributed by atoms with van der Waals surface area (Å²) in [6.07, 6.45) is 5.23. The molecule has 0 aliphatic heterocycles. The van der Waals surface area contributed by atoms with Crippen LogP contribution >= 0.6 is 11.6 Å². The van der Waals surface area contributed by atoms with Gasteiger partial charge in [-0.25, -0.2) is 4.98 Å². The number of carbonyl (C=O) groups is 1. The third-order valence-corrected chi connectivity index (χ3v) is 3.22. The molecule has 7 heteroatoms. The first-order chi connectivity index (χ1) is 9.13. The van der Waals surface area contributed by atoms with Gasteiger partial charge in [-0.15, -0.1) is 0 Å². The number of pyridine rings is 1. The van der Waals surface area contributed by atoms with Crippen LogP contribution in [0.1, 0.15) is 6.42 Å². The van der Waals surface area contributed by atoms with Crippen molar-refractivity contribution >= 4 is 35.2 Å². The summed E-state index contributed by atoms with van der Waals surface area (Å²) in [4.78, 5) is 14.5. The number of aliphatic hydroxyl groups is 1. The summed E-state index contributed by atoms with van der Waals surface area (Å²) in [6.45, 7) is 0.118. The summed E-state index contributed by atoms with van der Waals surface area (Å²) < 4.78 is 0. The summed E-state index contributed by atoms with van der Waals surface area (Å²) in [5.41, 5.74) is 6.65. The Bertz CT molecular complexity index is 507. The first-order valence-electron chi connectivity index (χ1n) is 5.86. The van der Waals surface area contributed by atoms with Gasteiger partial charge in [0, 0.05) is 24.6 Å². The largest absolute Gasteiger partial charge is 0.396 e. The van der Waals surface area contributed by atoms with Crippen LogP contribution in [0.5, 0.6) is 0 Å². The highest BCUT2D eigenvalue weighted by molar-refractivity contribution is 6.33. The molecule has 1 unspecified atom stereocenters. The Kier molecular flexibility index (Phi) is 4.24. The van der Waals surface area contributed by atoms with Crippen molar-refractivity contribution in [1.29, 1.82) is 0 Å². The lowest BCUT2D eigenvalue weighted by atomic mass is 10.1. The zero-order valence-corrected chi connectivity index (χ0v) is 10.9. The third kappa shape index (κ3) is 3.15. The van der Waals surface area contributed by atoms with Crippen LogP contribution in [0.25, 0.3) is 0 Å². The third-order valence-electron chi connectivity index (χ3n) is 2.95. The summed E-state index contributed by atoms with van der Waals surface area (Å²) in [5.74, 6) is 0.416. The lowest BCUT2D eigenvalue weighted by Gasteiger charge is -2.17. The molecule has 0 fully saturated rings. The quantitative estimate of drug-likeness (QED) is 0.370. The number of hydrogen-bond donors (Lipinski definition) is 4. The van der Waals surface area contributed by atoms with E-state index in [2.05, 4.69) is 15.6 Å². The van der Waals surface area contributed by atoms with Crippen LogP contribution in [0, 0.1) is 5.92 Å². The van der Waals surface area contributed by atoms with E-state index in [1.165, 1.54) is 0 Å². The van der Waals surface area contributed by atoms with Crippen LogP contribution in [0.3, 0.4) is 0 Å². The van der Waals surface area contributed by atoms with Gasteiger partial charge in [-0.3, -0.25) is 4.79 Å². The summed E-state index contributed by atoms with van der Waals surface area (Å²) in [5, 5.41) is 14.9. The molecular weight excluding hydrogens is 268 g/mol. The van der Waals surface area contributed by atoms with Gasteiger partial charge in [0.1, 0.15) is 11.5 Å². The summed E-state index contributed by atoms with van der Waals surface area (Å²) in [7, 11) is 0. The van der Waals surface area contributed by atoms with Crippen molar-refractivity contribution in [2.45, 2.75) is 12.5 Å². The fourth-order valence-electron chi connectivity index (χ4n) is 2.06. The maximum Gasteiger partial charge on any atom is 0.211 e. The molecule has 0 bridgehead atoms. The number of nitrogen functional groups attached to an aromatic ring is 1. The van der Waals surface area contributed by atoms with Crippen molar-refractivity contribution in [2.24, 2.45) is 5.92 Å². The molecule has 0 radical (unpaired) electrons. The number of aliphatic hydroxyl groups excluding tert-OH is 1. The number of carbonyl (C=O) groups excluding carboxylic acids is 1. The average Bonchev–Trinajstić information content (AvgIpc) is 2.81. The Labute approximate surface area is 115 Å². The number of nitrogens with zero attached hydrogens (tertiary/aromatic N) is 1. The van der Waals surface area contributed by atoms with Crippen molar-refractivity contribution < 1.29 is 9.90 Å². The highest BCUT2D eigenvalue weighted by Gasteiger charge is 2.20. The Morgan fingerprint density at radius 1 is 1.58 bits per heavy atom. The van der Waals surface area contributed by atoms with Gasteiger partial charge >= 0.3 is 0 Å². The minimum atomic E-state index is 0.0576. The number of nitrogens with one attached hydrogen (secondary N) is 2. The highest BCUT2D eigenvalue weighted by Crippen LogP contribution is 2.32. The maximum atomic E-state index is 10.6. The van der Waals surface area contributed by atoms with Gasteiger partial charge in [-0.05, 0) is 6.42 Å². The minimum absolute atomic E-state index is 0.0576. The molecule has 1 aromatic heterocycles. The molecule has 0 saturated carbocycles. The molecule has 1 heterocycles. The number of rotatable bonds is 5. The first-order valence-corrected chi connectivity index (χ1v) is 6.23. The van der Waals surface area contributed by atoms with Gasteiger partial charge in [0.05, 0.1) is 5.69 Å². The maximum absolute atomic E-state index is 10.6.